The first-order valence-corrected chi connectivity index (χ1v) is 11.0. The summed E-state index contributed by atoms with van der Waals surface area (Å²) < 4.78 is 7.37. The first-order valence-electron chi connectivity index (χ1n) is 11.0. The van der Waals surface area contributed by atoms with Crippen molar-refractivity contribution in [3.8, 4) is 0 Å². The van der Waals surface area contributed by atoms with Gasteiger partial charge in [-0.1, -0.05) is 13.8 Å². The van der Waals surface area contributed by atoms with E-state index in [1.54, 1.807) is 0 Å². The second-order valence-electron chi connectivity index (χ2n) is 8.76. The molecular formula is C22H42N6O2. The number of amides is 1. The van der Waals surface area contributed by atoms with Gasteiger partial charge in [-0.05, 0) is 66.4 Å². The molecule has 8 nitrogen and oxygen atoms in total. The van der Waals surface area contributed by atoms with Gasteiger partial charge in [-0.15, -0.1) is 0 Å². The van der Waals surface area contributed by atoms with Crippen LogP contribution in [0.3, 0.4) is 0 Å². The molecule has 1 aromatic heterocycles. The molecule has 3 N–H and O–H groups in total. The van der Waals surface area contributed by atoms with Crippen molar-refractivity contribution >= 4 is 12.1 Å². The van der Waals surface area contributed by atoms with Crippen molar-refractivity contribution in [3.63, 3.8) is 0 Å². The van der Waals surface area contributed by atoms with Crippen LogP contribution in [-0.2, 0) is 18.2 Å². The van der Waals surface area contributed by atoms with Gasteiger partial charge in [-0.2, -0.15) is 5.10 Å². The summed E-state index contributed by atoms with van der Waals surface area (Å²) in [7, 11) is 1.97. The molecule has 0 bridgehead atoms. The van der Waals surface area contributed by atoms with Crippen molar-refractivity contribution in [2.24, 2.45) is 12.0 Å². The van der Waals surface area contributed by atoms with Gasteiger partial charge in [0.1, 0.15) is 5.60 Å². The van der Waals surface area contributed by atoms with Gasteiger partial charge in [0.2, 0.25) is 0 Å². The Labute approximate surface area is 182 Å². The van der Waals surface area contributed by atoms with Gasteiger partial charge in [0.25, 0.3) is 0 Å². The zero-order valence-electron chi connectivity index (χ0n) is 20.4. The summed E-state index contributed by atoms with van der Waals surface area (Å²) in [5.41, 5.74) is 2.55. The van der Waals surface area contributed by atoms with E-state index in [4.69, 9.17) is 9.73 Å². The molecule has 0 aliphatic rings. The lowest BCUT2D eigenvalue weighted by Crippen LogP contribution is -2.52. The molecule has 0 fully saturated rings. The molecule has 0 radical (unpaired) electrons. The van der Waals surface area contributed by atoms with Crippen molar-refractivity contribution in [1.82, 2.24) is 25.7 Å². The van der Waals surface area contributed by atoms with Crippen molar-refractivity contribution in [3.05, 3.63) is 17.0 Å². The number of carbonyl (C=O) groups is 1. The van der Waals surface area contributed by atoms with Crippen molar-refractivity contribution in [1.29, 1.82) is 0 Å². The maximum atomic E-state index is 12.3. The van der Waals surface area contributed by atoms with Gasteiger partial charge in [0.05, 0.1) is 17.8 Å². The summed E-state index contributed by atoms with van der Waals surface area (Å²) >= 11 is 0. The summed E-state index contributed by atoms with van der Waals surface area (Å²) in [6.45, 7) is 17.9. The Hall–Kier alpha value is -2.25. The van der Waals surface area contributed by atoms with E-state index in [1.165, 1.54) is 11.3 Å². The number of aromatic nitrogens is 2. The zero-order valence-corrected chi connectivity index (χ0v) is 20.4. The van der Waals surface area contributed by atoms with Crippen LogP contribution in [0.15, 0.2) is 4.99 Å². The molecule has 0 saturated heterocycles. The molecule has 0 saturated carbocycles. The lowest BCUT2D eigenvalue weighted by atomic mass is 9.93. The van der Waals surface area contributed by atoms with Crippen molar-refractivity contribution in [2.45, 2.75) is 85.8 Å². The largest absolute Gasteiger partial charge is 0.444 e. The number of aliphatic imine (C=N–C) groups is 1. The third-order valence-corrected chi connectivity index (χ3v) is 5.33. The third kappa shape index (κ3) is 7.88. The van der Waals surface area contributed by atoms with Crippen LogP contribution >= 0.6 is 0 Å². The van der Waals surface area contributed by atoms with Gasteiger partial charge in [0, 0.05) is 25.8 Å². The van der Waals surface area contributed by atoms with Gasteiger partial charge >= 0.3 is 6.09 Å². The number of nitrogens with one attached hydrogen (secondary N) is 3. The predicted octanol–water partition coefficient (Wildman–Crippen LogP) is 3.22. The Morgan fingerprint density at radius 1 is 1.13 bits per heavy atom. The van der Waals surface area contributed by atoms with Gasteiger partial charge in [-0.25, -0.2) is 4.79 Å². The quantitative estimate of drug-likeness (QED) is 0.420. The normalized spacial score (nSPS) is 12.6. The standard InChI is InChI=1S/C22H42N6O2/c1-10-22(11-2,26-20(29)30-21(6,7)8)15-25-19(23-12-3)24-14-13-18-16(4)27-28(9)17(18)5/h10-15H2,1-9H3,(H,26,29)(H2,23,24,25). The Morgan fingerprint density at radius 3 is 2.23 bits per heavy atom. The molecule has 1 aromatic rings. The van der Waals surface area contributed by atoms with Gasteiger partial charge in [-0.3, -0.25) is 9.67 Å². The molecule has 172 valence electrons. The van der Waals surface area contributed by atoms with Crippen LogP contribution < -0.4 is 16.0 Å². The van der Waals surface area contributed by atoms with Crippen LogP contribution in [0.5, 0.6) is 0 Å². The van der Waals surface area contributed by atoms with Gasteiger partial charge < -0.3 is 20.7 Å². The van der Waals surface area contributed by atoms with Crippen molar-refractivity contribution < 1.29 is 9.53 Å². The first kappa shape index (κ1) is 25.8. The van der Waals surface area contributed by atoms with E-state index >= 15 is 0 Å². The molecule has 0 atom stereocenters. The number of alkyl carbamates (subject to hydrolysis) is 1. The fraction of sp³-hybridized carbons (Fsp3) is 0.773. The number of ether oxygens (including phenoxy) is 1. The van der Waals surface area contributed by atoms with E-state index in [2.05, 4.69) is 41.8 Å². The highest BCUT2D eigenvalue weighted by molar-refractivity contribution is 5.79. The number of aryl methyl sites for hydroxylation is 2. The number of carbonyl (C=O) groups excluding carboxylic acids is 1. The van der Waals surface area contributed by atoms with Crippen LogP contribution in [0.2, 0.25) is 0 Å². The Balaban J connectivity index is 2.80. The van der Waals surface area contributed by atoms with Crippen LogP contribution in [0.4, 0.5) is 4.79 Å². The highest BCUT2D eigenvalue weighted by atomic mass is 16.6. The van der Waals surface area contributed by atoms with Gasteiger partial charge in [0.15, 0.2) is 5.96 Å². The maximum Gasteiger partial charge on any atom is 0.408 e. The Bertz CT molecular complexity index is 714. The smallest absolute Gasteiger partial charge is 0.408 e. The average Bonchev–Trinajstić information content (AvgIpc) is 2.89. The molecule has 30 heavy (non-hydrogen) atoms. The molecule has 0 aliphatic carbocycles. The molecule has 1 amide bonds. The maximum absolute atomic E-state index is 12.3. The molecule has 0 aromatic carbocycles. The second kappa shape index (κ2) is 11.2. The fourth-order valence-corrected chi connectivity index (χ4v) is 3.27. The number of hydrogen-bond donors (Lipinski definition) is 3. The highest BCUT2D eigenvalue weighted by Crippen LogP contribution is 2.18. The van der Waals surface area contributed by atoms with E-state index in [0.29, 0.717) is 6.54 Å². The molecule has 0 unspecified atom stereocenters. The minimum Gasteiger partial charge on any atom is -0.444 e. The highest BCUT2D eigenvalue weighted by Gasteiger charge is 2.30. The minimum absolute atomic E-state index is 0.401. The van der Waals surface area contributed by atoms with Crippen LogP contribution in [0, 0.1) is 13.8 Å². The summed E-state index contributed by atoms with van der Waals surface area (Å²) in [5.74, 6) is 0.744. The van der Waals surface area contributed by atoms with E-state index in [0.717, 1.165) is 44.0 Å². The number of hydrogen-bond acceptors (Lipinski definition) is 4. The summed E-state index contributed by atoms with van der Waals surface area (Å²) in [5, 5.41) is 14.2. The van der Waals surface area contributed by atoms with E-state index in [-0.39, 0.29) is 0 Å². The molecule has 0 aliphatic heterocycles. The molecule has 1 heterocycles. The molecule has 8 heteroatoms. The Kier molecular flexibility index (Phi) is 9.65. The van der Waals surface area contributed by atoms with E-state index in [1.807, 2.05) is 46.3 Å². The SMILES string of the molecule is CCNC(=NCC(CC)(CC)NC(=O)OC(C)(C)C)NCCc1c(C)nn(C)c1C. The number of guanidine groups is 1. The van der Waals surface area contributed by atoms with E-state index < -0.39 is 17.2 Å². The molecule has 0 spiro atoms. The lowest BCUT2D eigenvalue weighted by Gasteiger charge is -2.32. The number of rotatable bonds is 9. The summed E-state index contributed by atoms with van der Waals surface area (Å²) in [6, 6.07) is 0. The summed E-state index contributed by atoms with van der Waals surface area (Å²) in [4.78, 5) is 17.1. The topological polar surface area (TPSA) is 92.6 Å². The Morgan fingerprint density at radius 2 is 1.77 bits per heavy atom. The minimum atomic E-state index is -0.528. The van der Waals surface area contributed by atoms with Crippen LogP contribution in [-0.4, -0.2) is 52.6 Å². The summed E-state index contributed by atoms with van der Waals surface area (Å²) in [6.07, 6.45) is 2.00. The monoisotopic (exact) mass is 422 g/mol. The second-order valence-corrected chi connectivity index (χ2v) is 8.76. The molecule has 1 rings (SSSR count). The van der Waals surface area contributed by atoms with Crippen molar-refractivity contribution in [2.75, 3.05) is 19.6 Å². The predicted molar refractivity (Wildman–Crippen MR) is 123 cm³/mol. The van der Waals surface area contributed by atoms with E-state index in [9.17, 15) is 4.79 Å². The van der Waals surface area contributed by atoms with Crippen LogP contribution in [0.1, 0.15) is 71.3 Å². The molecular weight excluding hydrogens is 380 g/mol. The third-order valence-electron chi connectivity index (χ3n) is 5.33. The average molecular weight is 423 g/mol. The van der Waals surface area contributed by atoms with Crippen LogP contribution in [0.25, 0.3) is 0 Å². The number of nitrogens with zero attached hydrogens (tertiary/aromatic N) is 3. The first-order chi connectivity index (χ1) is 14.0. The zero-order chi connectivity index (χ0) is 22.9. The fourth-order valence-electron chi connectivity index (χ4n) is 3.27. The lowest BCUT2D eigenvalue weighted by molar-refractivity contribution is 0.0452.